The molecule has 2 rings (SSSR count). The van der Waals surface area contributed by atoms with E-state index in [0.29, 0.717) is 12.2 Å². The highest BCUT2D eigenvalue weighted by molar-refractivity contribution is 8.01. The molecule has 1 fully saturated rings. The van der Waals surface area contributed by atoms with E-state index in [1.165, 1.54) is 23.5 Å². The van der Waals surface area contributed by atoms with Crippen molar-refractivity contribution >= 4 is 35.3 Å². The minimum absolute atomic E-state index is 0.0354. The highest BCUT2D eigenvalue weighted by atomic mass is 32.2. The van der Waals surface area contributed by atoms with Crippen LogP contribution in [0.3, 0.4) is 0 Å². The molecule has 0 radical (unpaired) electrons. The van der Waals surface area contributed by atoms with Gasteiger partial charge in [-0.3, -0.25) is 9.59 Å². The number of hydrogen-bond donors (Lipinski definition) is 1. The molecule has 0 unspecified atom stereocenters. The van der Waals surface area contributed by atoms with Crippen molar-refractivity contribution in [1.82, 2.24) is 9.80 Å². The molecular formula is C20H28N2O4S2. The monoisotopic (exact) mass is 424 g/mol. The predicted octanol–water partition coefficient (Wildman–Crippen LogP) is 2.43. The molecule has 1 aromatic rings. The summed E-state index contributed by atoms with van der Waals surface area (Å²) in [6.45, 7) is 1.96. The van der Waals surface area contributed by atoms with Crippen molar-refractivity contribution in [2.24, 2.45) is 5.92 Å². The third kappa shape index (κ3) is 4.50. The van der Waals surface area contributed by atoms with Gasteiger partial charge in [-0.1, -0.05) is 19.1 Å². The summed E-state index contributed by atoms with van der Waals surface area (Å²) in [4.78, 5) is 28.1. The minimum Gasteiger partial charge on any atom is -0.465 e. The number of carbonyl (C=O) groups excluding carboxylic acids is 2. The second kappa shape index (κ2) is 9.71. The van der Waals surface area contributed by atoms with Crippen LogP contribution >= 0.6 is 23.5 Å². The van der Waals surface area contributed by atoms with Crippen LogP contribution in [0.1, 0.15) is 12.5 Å². The first-order chi connectivity index (χ1) is 13.3. The van der Waals surface area contributed by atoms with E-state index in [2.05, 4.69) is 0 Å². The van der Waals surface area contributed by atoms with Gasteiger partial charge in [-0.15, -0.1) is 23.5 Å². The van der Waals surface area contributed by atoms with Crippen LogP contribution in [-0.4, -0.2) is 70.2 Å². The summed E-state index contributed by atoms with van der Waals surface area (Å²) in [5, 5.41) is 8.53. The second-order valence-corrected chi connectivity index (χ2v) is 8.82. The fourth-order valence-electron chi connectivity index (χ4n) is 3.06. The maximum absolute atomic E-state index is 13.2. The quantitative estimate of drug-likeness (QED) is 0.647. The number of benzene rings is 1. The average Bonchev–Trinajstić information content (AvgIpc) is 2.71. The standard InChI is InChI=1S/C20H28N2O4S2/c1-14(13-23)10-11-26-16-8-6-15(7-9-16)12-20(28-5)19(25)21(2)18(27-4)17(24)22(20)3/h6-11,14,18,23H,12-13H2,1-5H3/t14-,18+,20+/m0/s1. The Morgan fingerprint density at radius 1 is 1.25 bits per heavy atom. The van der Waals surface area contributed by atoms with Gasteiger partial charge in [0, 0.05) is 33.0 Å². The molecule has 154 valence electrons. The van der Waals surface area contributed by atoms with E-state index in [0.717, 1.165) is 5.56 Å². The van der Waals surface area contributed by atoms with E-state index < -0.39 is 10.2 Å². The molecule has 1 aliphatic rings. The largest absolute Gasteiger partial charge is 0.465 e. The molecule has 1 N–H and O–H groups in total. The van der Waals surface area contributed by atoms with Crippen LogP contribution in [0, 0.1) is 5.92 Å². The second-order valence-electron chi connectivity index (χ2n) is 6.82. The lowest BCUT2D eigenvalue weighted by molar-refractivity contribution is -0.156. The number of ether oxygens (including phenoxy) is 1. The Morgan fingerprint density at radius 2 is 1.89 bits per heavy atom. The number of aliphatic hydroxyl groups excluding tert-OH is 1. The molecule has 0 spiro atoms. The van der Waals surface area contributed by atoms with Crippen LogP contribution in [0.5, 0.6) is 5.75 Å². The van der Waals surface area contributed by atoms with Crippen molar-refractivity contribution in [3.8, 4) is 5.75 Å². The topological polar surface area (TPSA) is 70.1 Å². The van der Waals surface area contributed by atoms with Crippen LogP contribution in [0.2, 0.25) is 0 Å². The first-order valence-electron chi connectivity index (χ1n) is 8.96. The first-order valence-corrected chi connectivity index (χ1v) is 11.5. The summed E-state index contributed by atoms with van der Waals surface area (Å²) < 4.78 is 5.54. The fourth-order valence-corrected chi connectivity index (χ4v) is 4.82. The van der Waals surface area contributed by atoms with E-state index in [1.54, 1.807) is 36.2 Å². The number of carbonyl (C=O) groups is 2. The van der Waals surface area contributed by atoms with Crippen LogP contribution in [-0.2, 0) is 16.0 Å². The van der Waals surface area contributed by atoms with Crippen LogP contribution in [0.15, 0.2) is 36.6 Å². The van der Waals surface area contributed by atoms with Gasteiger partial charge in [-0.05, 0) is 36.3 Å². The number of aliphatic hydroxyl groups is 1. The molecule has 0 saturated carbocycles. The lowest BCUT2D eigenvalue weighted by Gasteiger charge is -2.48. The van der Waals surface area contributed by atoms with Crippen molar-refractivity contribution in [3.05, 3.63) is 42.2 Å². The number of rotatable bonds is 8. The third-order valence-corrected chi connectivity index (χ3v) is 7.15. The van der Waals surface area contributed by atoms with Crippen LogP contribution in [0.4, 0.5) is 0 Å². The Hall–Kier alpha value is -1.64. The Labute approximate surface area is 175 Å². The van der Waals surface area contributed by atoms with Crippen molar-refractivity contribution in [2.75, 3.05) is 33.2 Å². The van der Waals surface area contributed by atoms with E-state index in [4.69, 9.17) is 9.84 Å². The van der Waals surface area contributed by atoms with Crippen molar-refractivity contribution in [3.63, 3.8) is 0 Å². The lowest BCUT2D eigenvalue weighted by atomic mass is 10.0. The summed E-state index contributed by atoms with van der Waals surface area (Å²) in [6, 6.07) is 7.48. The maximum atomic E-state index is 13.2. The van der Waals surface area contributed by atoms with Gasteiger partial charge < -0.3 is 19.6 Å². The van der Waals surface area contributed by atoms with Crippen molar-refractivity contribution in [1.29, 1.82) is 0 Å². The molecule has 0 aromatic heterocycles. The zero-order valence-electron chi connectivity index (χ0n) is 16.9. The minimum atomic E-state index is -0.961. The van der Waals surface area contributed by atoms with Gasteiger partial charge in [0.25, 0.3) is 11.8 Å². The zero-order valence-corrected chi connectivity index (χ0v) is 18.5. The van der Waals surface area contributed by atoms with Gasteiger partial charge in [0.1, 0.15) is 5.75 Å². The van der Waals surface area contributed by atoms with Crippen LogP contribution in [0.25, 0.3) is 0 Å². The number of hydrogen-bond acceptors (Lipinski definition) is 6. The molecule has 2 amide bonds. The predicted molar refractivity (Wildman–Crippen MR) is 115 cm³/mol. The third-order valence-electron chi connectivity index (χ3n) is 4.92. The molecule has 3 atom stereocenters. The summed E-state index contributed by atoms with van der Waals surface area (Å²) >= 11 is 2.75. The Kier molecular flexibility index (Phi) is 7.86. The first kappa shape index (κ1) is 22.6. The molecule has 0 aliphatic carbocycles. The Bertz CT molecular complexity index is 725. The smallest absolute Gasteiger partial charge is 0.260 e. The number of thioether (sulfide) groups is 2. The normalized spacial score (nSPS) is 24.1. The molecule has 1 aliphatic heterocycles. The van der Waals surface area contributed by atoms with Gasteiger partial charge in [-0.2, -0.15) is 0 Å². The van der Waals surface area contributed by atoms with Gasteiger partial charge in [0.05, 0.1) is 6.26 Å². The average molecular weight is 425 g/mol. The maximum Gasteiger partial charge on any atom is 0.260 e. The number of likely N-dealkylation sites (N-methyl/N-ethyl adjacent to an activating group) is 2. The molecule has 28 heavy (non-hydrogen) atoms. The molecule has 1 heterocycles. The number of piperazine rings is 1. The van der Waals surface area contributed by atoms with Crippen LogP contribution < -0.4 is 4.74 Å². The summed E-state index contributed by atoms with van der Waals surface area (Å²) in [5.41, 5.74) is 0.943. The van der Waals surface area contributed by atoms with E-state index in [-0.39, 0.29) is 24.3 Å². The van der Waals surface area contributed by atoms with E-state index in [1.807, 2.05) is 43.7 Å². The van der Waals surface area contributed by atoms with Gasteiger partial charge in [-0.25, -0.2) is 0 Å². The van der Waals surface area contributed by atoms with E-state index in [9.17, 15) is 9.59 Å². The molecular weight excluding hydrogens is 396 g/mol. The summed E-state index contributed by atoms with van der Waals surface area (Å²) in [6.07, 6.45) is 7.46. The molecule has 8 heteroatoms. The molecule has 6 nitrogen and oxygen atoms in total. The number of amides is 2. The van der Waals surface area contributed by atoms with Gasteiger partial charge in [0.15, 0.2) is 10.2 Å². The lowest BCUT2D eigenvalue weighted by Crippen LogP contribution is -2.68. The summed E-state index contributed by atoms with van der Waals surface area (Å²) in [7, 11) is 3.40. The molecule has 0 bridgehead atoms. The highest BCUT2D eigenvalue weighted by Gasteiger charge is 2.53. The number of nitrogens with zero attached hydrogens (tertiary/aromatic N) is 2. The van der Waals surface area contributed by atoms with Crippen molar-refractivity contribution < 1.29 is 19.4 Å². The SMILES string of the molecule is CS[C@@H]1C(=O)N(C)[C@](Cc2ccc(OC=C[C@H](C)CO)cc2)(SC)C(=O)N1C. The fraction of sp³-hybridized carbons (Fsp3) is 0.500. The molecule has 1 saturated heterocycles. The highest BCUT2D eigenvalue weighted by Crippen LogP contribution is 2.39. The Balaban J connectivity index is 2.18. The van der Waals surface area contributed by atoms with Crippen molar-refractivity contribution in [2.45, 2.75) is 23.6 Å². The molecule has 1 aromatic carbocycles. The van der Waals surface area contributed by atoms with E-state index >= 15 is 0 Å². The summed E-state index contributed by atoms with van der Waals surface area (Å²) in [5.74, 6) is 0.574. The van der Waals surface area contributed by atoms with Gasteiger partial charge >= 0.3 is 0 Å². The Morgan fingerprint density at radius 3 is 2.43 bits per heavy atom. The zero-order chi connectivity index (χ0) is 20.9. The van der Waals surface area contributed by atoms with Gasteiger partial charge in [0.2, 0.25) is 0 Å².